The lowest BCUT2D eigenvalue weighted by atomic mass is 10.3. The fourth-order valence-corrected chi connectivity index (χ4v) is 1.81. The predicted molar refractivity (Wildman–Crippen MR) is 66.5 cm³/mol. The highest BCUT2D eigenvalue weighted by Crippen LogP contribution is 2.38. The Kier molecular flexibility index (Phi) is 2.76. The average molecular weight is 265 g/mol. The summed E-state index contributed by atoms with van der Waals surface area (Å²) in [6, 6.07) is -0.218. The van der Waals surface area contributed by atoms with Crippen molar-refractivity contribution in [3.05, 3.63) is 29.1 Å². The van der Waals surface area contributed by atoms with Gasteiger partial charge in [0.05, 0.1) is 23.5 Å². The van der Waals surface area contributed by atoms with Crippen molar-refractivity contribution in [2.75, 3.05) is 0 Å². The molecule has 3 rings (SSSR count). The first-order valence-electron chi connectivity index (χ1n) is 5.85. The summed E-state index contributed by atoms with van der Waals surface area (Å²) in [5.74, 6) is 2.43. The van der Waals surface area contributed by atoms with Crippen molar-refractivity contribution in [3.8, 4) is 5.95 Å². The van der Waals surface area contributed by atoms with Gasteiger partial charge in [-0.05, 0) is 19.8 Å². The highest BCUT2D eigenvalue weighted by Gasteiger charge is 2.30. The summed E-state index contributed by atoms with van der Waals surface area (Å²) in [5.41, 5.74) is 5.91. The van der Waals surface area contributed by atoms with Gasteiger partial charge in [0.15, 0.2) is 11.6 Å². The van der Waals surface area contributed by atoms with E-state index in [0.29, 0.717) is 22.7 Å². The largest absolute Gasteiger partial charge is 0.322 e. The van der Waals surface area contributed by atoms with Gasteiger partial charge in [0, 0.05) is 5.92 Å². The second-order valence-electron chi connectivity index (χ2n) is 4.50. The minimum atomic E-state index is -0.218. The molecule has 18 heavy (non-hydrogen) atoms. The fraction of sp³-hybridized carbons (Fsp3) is 0.455. The number of rotatable bonds is 3. The molecule has 0 saturated heterocycles. The van der Waals surface area contributed by atoms with Crippen LogP contribution in [0.25, 0.3) is 5.95 Å². The zero-order chi connectivity index (χ0) is 12.7. The second-order valence-corrected chi connectivity index (χ2v) is 4.94. The Hall–Kier alpha value is -1.53. The van der Waals surface area contributed by atoms with Crippen LogP contribution in [0.5, 0.6) is 0 Å². The minimum absolute atomic E-state index is 0.218. The summed E-state index contributed by atoms with van der Waals surface area (Å²) in [4.78, 5) is 12.8. The maximum Gasteiger partial charge on any atom is 0.252 e. The van der Waals surface area contributed by atoms with Gasteiger partial charge in [-0.25, -0.2) is 15.0 Å². The second kappa shape index (κ2) is 4.29. The van der Waals surface area contributed by atoms with Crippen molar-refractivity contribution in [2.45, 2.75) is 31.7 Å². The molecule has 1 saturated carbocycles. The number of aromatic nitrogens is 5. The molecule has 7 heteroatoms. The predicted octanol–water partition coefficient (Wildman–Crippen LogP) is 1.61. The Balaban J connectivity index is 2.05. The smallest absolute Gasteiger partial charge is 0.252 e. The molecule has 2 heterocycles. The SMILES string of the molecule is C[C@@H](N)c1nc(C2CC2)nn1-c1ncc(Cl)cn1. The molecule has 0 radical (unpaired) electrons. The Morgan fingerprint density at radius 2 is 2.06 bits per heavy atom. The van der Waals surface area contributed by atoms with Crippen LogP contribution in [0.4, 0.5) is 0 Å². The fourth-order valence-electron chi connectivity index (χ4n) is 1.71. The van der Waals surface area contributed by atoms with Gasteiger partial charge in [-0.2, -0.15) is 4.68 Å². The van der Waals surface area contributed by atoms with Crippen LogP contribution in [0, 0.1) is 0 Å². The molecule has 1 fully saturated rings. The van der Waals surface area contributed by atoms with Gasteiger partial charge in [-0.1, -0.05) is 11.6 Å². The molecule has 0 aliphatic heterocycles. The number of nitrogens with zero attached hydrogens (tertiary/aromatic N) is 5. The van der Waals surface area contributed by atoms with Crippen LogP contribution in [-0.2, 0) is 0 Å². The van der Waals surface area contributed by atoms with Gasteiger partial charge in [-0.3, -0.25) is 0 Å². The molecular formula is C11H13ClN6. The van der Waals surface area contributed by atoms with Crippen molar-refractivity contribution in [3.63, 3.8) is 0 Å². The average Bonchev–Trinajstić information content (AvgIpc) is 3.09. The van der Waals surface area contributed by atoms with E-state index in [4.69, 9.17) is 17.3 Å². The molecular weight excluding hydrogens is 252 g/mol. The van der Waals surface area contributed by atoms with Crippen LogP contribution in [0.1, 0.15) is 43.4 Å². The maximum absolute atomic E-state index is 5.91. The molecule has 2 aromatic heterocycles. The van der Waals surface area contributed by atoms with E-state index in [0.717, 1.165) is 18.7 Å². The topological polar surface area (TPSA) is 82.5 Å². The van der Waals surface area contributed by atoms with Crippen LogP contribution < -0.4 is 5.73 Å². The van der Waals surface area contributed by atoms with E-state index in [1.807, 2.05) is 6.92 Å². The monoisotopic (exact) mass is 264 g/mol. The lowest BCUT2D eigenvalue weighted by molar-refractivity contribution is 0.668. The molecule has 2 N–H and O–H groups in total. The third kappa shape index (κ3) is 2.09. The summed E-state index contributed by atoms with van der Waals surface area (Å²) in [7, 11) is 0. The summed E-state index contributed by atoms with van der Waals surface area (Å²) >= 11 is 5.77. The van der Waals surface area contributed by atoms with E-state index in [1.165, 1.54) is 12.4 Å². The zero-order valence-corrected chi connectivity index (χ0v) is 10.7. The van der Waals surface area contributed by atoms with Crippen molar-refractivity contribution in [1.82, 2.24) is 24.7 Å². The molecule has 2 aromatic rings. The first-order chi connectivity index (χ1) is 8.65. The summed E-state index contributed by atoms with van der Waals surface area (Å²) in [6.07, 6.45) is 5.36. The standard InChI is InChI=1S/C11H13ClN6/c1-6(13)10-16-9(7-2-3-7)17-18(10)11-14-4-8(12)5-15-11/h4-7H,2-3,13H2,1H3/t6-/m1/s1. The van der Waals surface area contributed by atoms with E-state index < -0.39 is 0 Å². The van der Waals surface area contributed by atoms with Crippen LogP contribution in [0.3, 0.4) is 0 Å². The van der Waals surface area contributed by atoms with Gasteiger partial charge in [0.2, 0.25) is 0 Å². The first-order valence-corrected chi connectivity index (χ1v) is 6.23. The third-order valence-corrected chi connectivity index (χ3v) is 2.99. The lowest BCUT2D eigenvalue weighted by Gasteiger charge is -2.05. The van der Waals surface area contributed by atoms with Crippen molar-refractivity contribution in [2.24, 2.45) is 5.73 Å². The van der Waals surface area contributed by atoms with Gasteiger partial charge in [-0.15, -0.1) is 5.10 Å². The Morgan fingerprint density at radius 3 is 2.61 bits per heavy atom. The molecule has 94 valence electrons. The Labute approximate surface area is 109 Å². The summed E-state index contributed by atoms with van der Waals surface area (Å²) in [5, 5.41) is 4.94. The quantitative estimate of drug-likeness (QED) is 0.911. The van der Waals surface area contributed by atoms with Gasteiger partial charge < -0.3 is 5.73 Å². The van der Waals surface area contributed by atoms with Crippen molar-refractivity contribution in [1.29, 1.82) is 0 Å². The maximum atomic E-state index is 5.91. The molecule has 0 unspecified atom stereocenters. The zero-order valence-electron chi connectivity index (χ0n) is 9.91. The van der Waals surface area contributed by atoms with E-state index in [2.05, 4.69) is 20.1 Å². The van der Waals surface area contributed by atoms with Crippen molar-refractivity contribution < 1.29 is 0 Å². The highest BCUT2D eigenvalue weighted by atomic mass is 35.5. The lowest BCUT2D eigenvalue weighted by Crippen LogP contribution is -2.15. The number of hydrogen-bond donors (Lipinski definition) is 1. The molecule has 1 aliphatic carbocycles. The summed E-state index contributed by atoms with van der Waals surface area (Å²) < 4.78 is 1.61. The minimum Gasteiger partial charge on any atom is -0.322 e. The molecule has 1 atom stereocenters. The number of nitrogens with two attached hydrogens (primary N) is 1. The van der Waals surface area contributed by atoms with E-state index in [-0.39, 0.29) is 6.04 Å². The number of hydrogen-bond acceptors (Lipinski definition) is 5. The normalized spacial score (nSPS) is 16.8. The summed E-state index contributed by atoms with van der Waals surface area (Å²) in [6.45, 7) is 1.87. The highest BCUT2D eigenvalue weighted by molar-refractivity contribution is 6.30. The van der Waals surface area contributed by atoms with Gasteiger partial charge in [0.1, 0.15) is 0 Å². The van der Waals surface area contributed by atoms with E-state index in [9.17, 15) is 0 Å². The van der Waals surface area contributed by atoms with Crippen LogP contribution in [-0.4, -0.2) is 24.7 Å². The first kappa shape index (κ1) is 11.6. The molecule has 6 nitrogen and oxygen atoms in total. The van der Waals surface area contributed by atoms with Gasteiger partial charge >= 0.3 is 0 Å². The number of halogens is 1. The third-order valence-electron chi connectivity index (χ3n) is 2.79. The molecule has 0 spiro atoms. The molecule has 0 aromatic carbocycles. The molecule has 0 amide bonds. The Morgan fingerprint density at radius 1 is 1.39 bits per heavy atom. The van der Waals surface area contributed by atoms with E-state index in [1.54, 1.807) is 4.68 Å². The van der Waals surface area contributed by atoms with Crippen LogP contribution >= 0.6 is 11.6 Å². The van der Waals surface area contributed by atoms with Gasteiger partial charge in [0.25, 0.3) is 5.95 Å². The Bertz CT molecular complexity index is 557. The van der Waals surface area contributed by atoms with E-state index >= 15 is 0 Å². The molecule has 0 bridgehead atoms. The molecule has 1 aliphatic rings. The van der Waals surface area contributed by atoms with Crippen molar-refractivity contribution >= 4 is 11.6 Å². The van der Waals surface area contributed by atoms with Crippen LogP contribution in [0.15, 0.2) is 12.4 Å². The van der Waals surface area contributed by atoms with Crippen LogP contribution in [0.2, 0.25) is 5.02 Å².